The van der Waals surface area contributed by atoms with Crippen molar-refractivity contribution in [2.24, 2.45) is 5.92 Å². The van der Waals surface area contributed by atoms with Gasteiger partial charge in [0.25, 0.3) is 5.91 Å². The quantitative estimate of drug-likeness (QED) is 0.642. The molecule has 29 heavy (non-hydrogen) atoms. The van der Waals surface area contributed by atoms with E-state index in [9.17, 15) is 18.5 Å². The summed E-state index contributed by atoms with van der Waals surface area (Å²) in [5.74, 6) is -0.183. The minimum atomic E-state index is -3.51. The average Bonchev–Trinajstić information content (AvgIpc) is 2.68. The van der Waals surface area contributed by atoms with Gasteiger partial charge in [-0.2, -0.15) is 9.57 Å². The van der Waals surface area contributed by atoms with Crippen LogP contribution in [-0.4, -0.2) is 56.9 Å². The molecule has 0 spiro atoms. The number of carbonyl (C=O) groups excluding carboxylic acids is 1. The lowest BCUT2D eigenvalue weighted by molar-refractivity contribution is -0.895. The summed E-state index contributed by atoms with van der Waals surface area (Å²) in [5.41, 5.74) is 0.239. The predicted molar refractivity (Wildman–Crippen MR) is 112 cm³/mol. The van der Waals surface area contributed by atoms with Crippen LogP contribution in [0, 0.1) is 17.2 Å². The molecule has 0 saturated carbocycles. The van der Waals surface area contributed by atoms with E-state index in [4.69, 9.17) is 0 Å². The van der Waals surface area contributed by atoms with Gasteiger partial charge in [-0.15, -0.1) is 0 Å². The largest absolute Gasteiger partial charge is 0.333 e. The zero-order valence-corrected chi connectivity index (χ0v) is 18.7. The van der Waals surface area contributed by atoms with Crippen molar-refractivity contribution in [3.8, 4) is 6.07 Å². The summed E-state index contributed by atoms with van der Waals surface area (Å²) in [5, 5.41) is 12.2. The number of hydrogen-bond donors (Lipinski definition) is 2. The Kier molecular flexibility index (Phi) is 7.80. The van der Waals surface area contributed by atoms with Gasteiger partial charge >= 0.3 is 0 Å². The highest BCUT2D eigenvalue weighted by molar-refractivity contribution is 7.89. The molecule has 1 aliphatic rings. The second kappa shape index (κ2) is 9.70. The van der Waals surface area contributed by atoms with Crippen LogP contribution in [0.15, 0.2) is 29.2 Å². The highest BCUT2D eigenvalue weighted by Gasteiger charge is 2.34. The van der Waals surface area contributed by atoms with E-state index in [1.54, 1.807) is 19.1 Å². The topological polar surface area (TPSA) is 94.7 Å². The highest BCUT2D eigenvalue weighted by atomic mass is 32.2. The molecule has 1 heterocycles. The summed E-state index contributed by atoms with van der Waals surface area (Å²) in [4.78, 5) is 13.7. The summed E-state index contributed by atoms with van der Waals surface area (Å²) in [6, 6.07) is 9.29. The molecule has 1 amide bonds. The Morgan fingerprint density at radius 1 is 1.28 bits per heavy atom. The van der Waals surface area contributed by atoms with Crippen LogP contribution in [0.4, 0.5) is 0 Å². The van der Waals surface area contributed by atoms with Crippen molar-refractivity contribution < 1.29 is 18.1 Å². The van der Waals surface area contributed by atoms with Crippen LogP contribution in [0.1, 0.15) is 39.7 Å². The van der Waals surface area contributed by atoms with Crippen molar-refractivity contribution in [2.75, 3.05) is 32.7 Å². The molecule has 1 saturated heterocycles. The number of benzene rings is 1. The maximum Gasteiger partial charge on any atom is 0.276 e. The number of hydrogen-bond acceptors (Lipinski definition) is 4. The molecule has 0 unspecified atom stereocenters. The Labute approximate surface area is 174 Å². The Morgan fingerprint density at radius 2 is 1.86 bits per heavy atom. The van der Waals surface area contributed by atoms with Crippen LogP contribution in [-0.2, 0) is 21.2 Å². The van der Waals surface area contributed by atoms with Crippen molar-refractivity contribution in [1.29, 1.82) is 5.26 Å². The predicted octanol–water partition coefficient (Wildman–Crippen LogP) is 0.583. The number of nitriles is 1. The molecule has 1 aromatic rings. The van der Waals surface area contributed by atoms with Crippen molar-refractivity contribution in [3.63, 3.8) is 0 Å². The van der Waals surface area contributed by atoms with Gasteiger partial charge in [0, 0.05) is 0 Å². The van der Waals surface area contributed by atoms with E-state index in [0.29, 0.717) is 31.1 Å². The first kappa shape index (κ1) is 23.3. The van der Waals surface area contributed by atoms with Crippen LogP contribution >= 0.6 is 0 Å². The molecular weight excluding hydrogens is 388 g/mol. The summed E-state index contributed by atoms with van der Waals surface area (Å²) >= 11 is 0. The van der Waals surface area contributed by atoms with E-state index in [1.807, 2.05) is 26.0 Å². The van der Waals surface area contributed by atoms with Gasteiger partial charge in [0.15, 0.2) is 6.54 Å². The lowest BCUT2D eigenvalue weighted by atomic mass is 9.90. The first-order chi connectivity index (χ1) is 13.6. The van der Waals surface area contributed by atoms with Crippen LogP contribution in [0.3, 0.4) is 0 Å². The molecule has 160 valence electrons. The summed E-state index contributed by atoms with van der Waals surface area (Å²) in [6.45, 7) is 9.73. The number of quaternary nitrogens is 1. The average molecular weight is 422 g/mol. The third-order valence-electron chi connectivity index (χ3n) is 5.73. The number of rotatable bonds is 8. The van der Waals surface area contributed by atoms with Gasteiger partial charge in [-0.05, 0) is 37.0 Å². The molecule has 1 fully saturated rings. The number of carbonyl (C=O) groups is 1. The molecule has 1 aromatic carbocycles. The molecule has 2 N–H and O–H groups in total. The molecule has 0 radical (unpaired) electrons. The first-order valence-corrected chi connectivity index (χ1v) is 11.7. The molecular formula is C21H33N4O3S+. The molecule has 0 aliphatic carbocycles. The minimum Gasteiger partial charge on any atom is -0.333 e. The van der Waals surface area contributed by atoms with Crippen molar-refractivity contribution >= 4 is 15.9 Å². The number of piperazine rings is 1. The van der Waals surface area contributed by atoms with Crippen molar-refractivity contribution in [3.05, 3.63) is 29.8 Å². The molecule has 8 heteroatoms. The first-order valence-electron chi connectivity index (χ1n) is 10.3. The maximum atomic E-state index is 12.9. The minimum absolute atomic E-state index is 0.00263. The van der Waals surface area contributed by atoms with Crippen LogP contribution in [0.2, 0.25) is 0 Å². The number of aryl methyl sites for hydroxylation is 1. The number of nitrogens with zero attached hydrogens (tertiary/aromatic N) is 2. The fraction of sp³-hybridized carbons (Fsp3) is 0.619. The second-order valence-corrected chi connectivity index (χ2v) is 10.2. The third-order valence-corrected chi connectivity index (χ3v) is 7.64. The van der Waals surface area contributed by atoms with Crippen LogP contribution in [0.5, 0.6) is 0 Å². The van der Waals surface area contributed by atoms with Gasteiger partial charge in [0.2, 0.25) is 10.0 Å². The van der Waals surface area contributed by atoms with E-state index in [2.05, 4.69) is 18.3 Å². The molecule has 1 atom stereocenters. The zero-order valence-electron chi connectivity index (χ0n) is 17.9. The third kappa shape index (κ3) is 5.78. The number of nitrogens with one attached hydrogen (secondary N) is 2. The van der Waals surface area contributed by atoms with Gasteiger partial charge in [-0.3, -0.25) is 4.79 Å². The summed E-state index contributed by atoms with van der Waals surface area (Å²) < 4.78 is 27.3. The summed E-state index contributed by atoms with van der Waals surface area (Å²) in [7, 11) is -3.51. The monoisotopic (exact) mass is 421 g/mol. The maximum absolute atomic E-state index is 12.9. The second-order valence-electron chi connectivity index (χ2n) is 8.24. The fourth-order valence-corrected chi connectivity index (χ4v) is 4.79. The molecule has 0 aromatic heterocycles. The lowest BCUT2D eigenvalue weighted by Gasteiger charge is -2.32. The molecule has 1 aliphatic heterocycles. The van der Waals surface area contributed by atoms with E-state index in [-0.39, 0.29) is 18.4 Å². The Balaban J connectivity index is 1.92. The van der Waals surface area contributed by atoms with E-state index in [0.717, 1.165) is 23.3 Å². The smallest absolute Gasteiger partial charge is 0.276 e. The SMILES string of the molecule is CCCc1ccc(S(=O)(=O)N2CC[NH+](CC(=O)N[C@](C)(C#N)C(C)C)CC2)cc1. The van der Waals surface area contributed by atoms with Gasteiger partial charge in [0.05, 0.1) is 37.1 Å². The molecule has 0 bridgehead atoms. The molecule has 7 nitrogen and oxygen atoms in total. The number of amides is 1. The zero-order chi connectivity index (χ0) is 21.7. The Hall–Kier alpha value is -1.95. The molecule has 2 rings (SSSR count). The summed E-state index contributed by atoms with van der Waals surface area (Å²) in [6.07, 6.45) is 1.96. The highest BCUT2D eigenvalue weighted by Crippen LogP contribution is 2.17. The van der Waals surface area contributed by atoms with Crippen molar-refractivity contribution in [2.45, 2.75) is 51.0 Å². The van der Waals surface area contributed by atoms with Crippen LogP contribution in [0.25, 0.3) is 0 Å². The van der Waals surface area contributed by atoms with Crippen LogP contribution < -0.4 is 10.2 Å². The lowest BCUT2D eigenvalue weighted by Crippen LogP contribution is -3.16. The van der Waals surface area contributed by atoms with Gasteiger partial charge in [-0.1, -0.05) is 39.3 Å². The van der Waals surface area contributed by atoms with Gasteiger partial charge in [-0.25, -0.2) is 8.42 Å². The standard InChI is InChI=1S/C21H32N4O3S/c1-5-6-18-7-9-19(10-8-18)29(27,28)25-13-11-24(12-14-25)15-20(26)23-21(4,16-22)17(2)3/h7-10,17H,5-6,11-15H2,1-4H3,(H,23,26)/p+1/t21-/m1/s1. The normalized spacial score (nSPS) is 18.2. The Bertz CT molecular complexity index is 838. The van der Waals surface area contributed by atoms with E-state index < -0.39 is 15.6 Å². The Morgan fingerprint density at radius 3 is 2.34 bits per heavy atom. The van der Waals surface area contributed by atoms with Gasteiger partial charge < -0.3 is 10.2 Å². The van der Waals surface area contributed by atoms with E-state index >= 15 is 0 Å². The number of sulfonamides is 1. The van der Waals surface area contributed by atoms with Crippen molar-refractivity contribution in [1.82, 2.24) is 9.62 Å². The van der Waals surface area contributed by atoms with E-state index in [1.165, 1.54) is 4.31 Å². The van der Waals surface area contributed by atoms with Gasteiger partial charge in [0.1, 0.15) is 5.54 Å². The fourth-order valence-electron chi connectivity index (χ4n) is 3.35.